The summed E-state index contributed by atoms with van der Waals surface area (Å²) >= 11 is 0. The van der Waals surface area contributed by atoms with E-state index in [0.29, 0.717) is 11.5 Å². The van der Waals surface area contributed by atoms with Gasteiger partial charge in [-0.25, -0.2) is 0 Å². The van der Waals surface area contributed by atoms with E-state index >= 15 is 0 Å². The fourth-order valence-corrected chi connectivity index (χ4v) is 1.59. The van der Waals surface area contributed by atoms with Crippen LogP contribution in [0.5, 0.6) is 11.5 Å². The molecule has 19 heavy (non-hydrogen) atoms. The SMILES string of the molecule is N[C@H](c1cccc(Oc2ccccc2)c1)C(F)(F)F. The molecule has 5 heteroatoms. The van der Waals surface area contributed by atoms with Gasteiger partial charge in [-0.2, -0.15) is 13.2 Å². The smallest absolute Gasteiger partial charge is 0.407 e. The Morgan fingerprint density at radius 3 is 2.16 bits per heavy atom. The molecule has 0 fully saturated rings. The lowest BCUT2D eigenvalue weighted by molar-refractivity contribution is -0.149. The van der Waals surface area contributed by atoms with Gasteiger partial charge in [0.15, 0.2) is 0 Å². The van der Waals surface area contributed by atoms with Crippen LogP contribution in [-0.2, 0) is 0 Å². The summed E-state index contributed by atoms with van der Waals surface area (Å²) in [5, 5.41) is 0. The first-order chi connectivity index (χ1) is 8.97. The molecule has 2 rings (SSSR count). The number of rotatable bonds is 3. The highest BCUT2D eigenvalue weighted by atomic mass is 19.4. The van der Waals surface area contributed by atoms with Crippen LogP contribution in [0.2, 0.25) is 0 Å². The van der Waals surface area contributed by atoms with Gasteiger partial charge in [-0.05, 0) is 29.8 Å². The van der Waals surface area contributed by atoms with E-state index in [9.17, 15) is 13.2 Å². The third-order valence-corrected chi connectivity index (χ3v) is 2.55. The average Bonchev–Trinajstić information content (AvgIpc) is 2.38. The van der Waals surface area contributed by atoms with Gasteiger partial charge >= 0.3 is 6.18 Å². The van der Waals surface area contributed by atoms with E-state index in [1.807, 2.05) is 6.07 Å². The molecule has 0 aliphatic rings. The molecule has 0 amide bonds. The molecule has 0 spiro atoms. The highest BCUT2D eigenvalue weighted by molar-refractivity contribution is 5.35. The predicted molar refractivity (Wildman–Crippen MR) is 65.9 cm³/mol. The Bertz CT molecular complexity index is 540. The van der Waals surface area contributed by atoms with Crippen LogP contribution in [0.1, 0.15) is 11.6 Å². The highest BCUT2D eigenvalue weighted by Gasteiger charge is 2.37. The summed E-state index contributed by atoms with van der Waals surface area (Å²) in [5.74, 6) is 0.878. The van der Waals surface area contributed by atoms with Crippen molar-refractivity contribution in [1.82, 2.24) is 0 Å². The molecule has 0 aliphatic heterocycles. The van der Waals surface area contributed by atoms with Crippen molar-refractivity contribution in [2.24, 2.45) is 5.73 Å². The summed E-state index contributed by atoms with van der Waals surface area (Å²) in [6, 6.07) is 12.5. The van der Waals surface area contributed by atoms with Gasteiger partial charge in [0.2, 0.25) is 0 Å². The summed E-state index contributed by atoms with van der Waals surface area (Å²) in [5.41, 5.74) is 5.13. The summed E-state index contributed by atoms with van der Waals surface area (Å²) < 4.78 is 43.0. The first-order valence-electron chi connectivity index (χ1n) is 5.62. The number of nitrogens with two attached hydrogens (primary N) is 1. The van der Waals surface area contributed by atoms with Crippen LogP contribution in [0.15, 0.2) is 54.6 Å². The van der Waals surface area contributed by atoms with E-state index in [2.05, 4.69) is 0 Å². The van der Waals surface area contributed by atoms with E-state index in [1.54, 1.807) is 30.3 Å². The number of halogens is 3. The minimum absolute atomic E-state index is 0.0269. The van der Waals surface area contributed by atoms with Crippen LogP contribution in [-0.4, -0.2) is 6.18 Å². The quantitative estimate of drug-likeness (QED) is 0.910. The molecule has 0 saturated carbocycles. The van der Waals surface area contributed by atoms with Gasteiger partial charge in [0.25, 0.3) is 0 Å². The van der Waals surface area contributed by atoms with Crippen molar-refractivity contribution in [2.75, 3.05) is 0 Å². The van der Waals surface area contributed by atoms with E-state index < -0.39 is 12.2 Å². The van der Waals surface area contributed by atoms with Gasteiger partial charge in [-0.3, -0.25) is 0 Å². The van der Waals surface area contributed by atoms with E-state index in [1.165, 1.54) is 18.2 Å². The molecule has 0 aromatic heterocycles. The first kappa shape index (κ1) is 13.4. The highest BCUT2D eigenvalue weighted by Crippen LogP contribution is 2.32. The molecule has 0 saturated heterocycles. The van der Waals surface area contributed by atoms with Gasteiger partial charge in [0, 0.05) is 0 Å². The van der Waals surface area contributed by atoms with Crippen LogP contribution >= 0.6 is 0 Å². The van der Waals surface area contributed by atoms with Crippen molar-refractivity contribution in [2.45, 2.75) is 12.2 Å². The Hall–Kier alpha value is -2.01. The zero-order valence-electron chi connectivity index (χ0n) is 9.89. The van der Waals surface area contributed by atoms with E-state index in [-0.39, 0.29) is 5.56 Å². The lowest BCUT2D eigenvalue weighted by atomic mass is 10.1. The van der Waals surface area contributed by atoms with Crippen molar-refractivity contribution < 1.29 is 17.9 Å². The number of ether oxygens (including phenoxy) is 1. The maximum Gasteiger partial charge on any atom is 0.407 e. The van der Waals surface area contributed by atoms with Crippen LogP contribution in [0.25, 0.3) is 0 Å². The maximum atomic E-state index is 12.5. The minimum atomic E-state index is -4.47. The third-order valence-electron chi connectivity index (χ3n) is 2.55. The standard InChI is InChI=1S/C14H12F3NO/c15-14(16,17)13(18)10-5-4-8-12(9-10)19-11-6-2-1-3-7-11/h1-9,13H,18H2/t13-/m1/s1. The van der Waals surface area contributed by atoms with Crippen LogP contribution in [0.3, 0.4) is 0 Å². The number of benzene rings is 2. The molecule has 0 unspecified atom stereocenters. The summed E-state index contributed by atoms with van der Waals surface area (Å²) in [6.07, 6.45) is -4.47. The molecule has 0 radical (unpaired) electrons. The summed E-state index contributed by atoms with van der Waals surface area (Å²) in [6.45, 7) is 0. The lowest BCUT2D eigenvalue weighted by Gasteiger charge is -2.16. The summed E-state index contributed by atoms with van der Waals surface area (Å²) in [7, 11) is 0. The van der Waals surface area contributed by atoms with Gasteiger partial charge in [-0.1, -0.05) is 30.3 Å². The molecular weight excluding hydrogens is 255 g/mol. The Balaban J connectivity index is 2.20. The largest absolute Gasteiger partial charge is 0.457 e. The number of hydrogen-bond donors (Lipinski definition) is 1. The number of alkyl halides is 3. The van der Waals surface area contributed by atoms with Crippen LogP contribution in [0, 0.1) is 0 Å². The zero-order chi connectivity index (χ0) is 13.9. The molecule has 0 bridgehead atoms. The zero-order valence-corrected chi connectivity index (χ0v) is 9.89. The minimum Gasteiger partial charge on any atom is -0.457 e. The lowest BCUT2D eigenvalue weighted by Crippen LogP contribution is -2.28. The molecule has 0 aliphatic carbocycles. The molecule has 2 aromatic rings. The van der Waals surface area contributed by atoms with Gasteiger partial charge in [0.05, 0.1) is 0 Å². The molecule has 2 N–H and O–H groups in total. The second kappa shape index (κ2) is 5.32. The van der Waals surface area contributed by atoms with Crippen molar-refractivity contribution in [1.29, 1.82) is 0 Å². The molecular formula is C14H12F3NO. The Kier molecular flexibility index (Phi) is 3.76. The normalized spacial score (nSPS) is 13.1. The van der Waals surface area contributed by atoms with Crippen molar-refractivity contribution in [3.05, 3.63) is 60.2 Å². The monoisotopic (exact) mass is 267 g/mol. The molecule has 2 nitrogen and oxygen atoms in total. The van der Waals surface area contributed by atoms with Crippen LogP contribution < -0.4 is 10.5 Å². The van der Waals surface area contributed by atoms with Crippen LogP contribution in [0.4, 0.5) is 13.2 Å². The third kappa shape index (κ3) is 3.48. The van der Waals surface area contributed by atoms with E-state index in [4.69, 9.17) is 10.5 Å². The average molecular weight is 267 g/mol. The Morgan fingerprint density at radius 1 is 0.895 bits per heavy atom. The predicted octanol–water partition coefficient (Wildman–Crippen LogP) is 4.04. The molecule has 2 aromatic carbocycles. The Labute approximate surface area is 108 Å². The summed E-state index contributed by atoms with van der Waals surface area (Å²) in [4.78, 5) is 0. The number of para-hydroxylation sites is 1. The van der Waals surface area contributed by atoms with Gasteiger partial charge in [-0.15, -0.1) is 0 Å². The molecule has 0 heterocycles. The topological polar surface area (TPSA) is 35.2 Å². The second-order valence-corrected chi connectivity index (χ2v) is 4.01. The van der Waals surface area contributed by atoms with Gasteiger partial charge < -0.3 is 10.5 Å². The maximum absolute atomic E-state index is 12.5. The van der Waals surface area contributed by atoms with Crippen molar-refractivity contribution in [3.63, 3.8) is 0 Å². The molecule has 1 atom stereocenters. The molecule has 100 valence electrons. The second-order valence-electron chi connectivity index (χ2n) is 4.01. The van der Waals surface area contributed by atoms with Crippen molar-refractivity contribution in [3.8, 4) is 11.5 Å². The first-order valence-corrected chi connectivity index (χ1v) is 5.62. The van der Waals surface area contributed by atoms with Crippen molar-refractivity contribution >= 4 is 0 Å². The van der Waals surface area contributed by atoms with E-state index in [0.717, 1.165) is 0 Å². The van der Waals surface area contributed by atoms with Gasteiger partial charge in [0.1, 0.15) is 17.5 Å². The fraction of sp³-hybridized carbons (Fsp3) is 0.143. The number of hydrogen-bond acceptors (Lipinski definition) is 2. The fourth-order valence-electron chi connectivity index (χ4n) is 1.59. The Morgan fingerprint density at radius 2 is 1.53 bits per heavy atom.